The molecule has 0 fully saturated rings. The highest BCUT2D eigenvalue weighted by molar-refractivity contribution is 6.30. The van der Waals surface area contributed by atoms with Gasteiger partial charge in [0, 0.05) is 30.0 Å². The summed E-state index contributed by atoms with van der Waals surface area (Å²) in [5.74, 6) is 0. The Labute approximate surface area is 113 Å². The maximum absolute atomic E-state index is 5.97. The molecule has 1 aromatic carbocycles. The van der Waals surface area contributed by atoms with Crippen LogP contribution in [0.5, 0.6) is 0 Å². The van der Waals surface area contributed by atoms with Gasteiger partial charge in [-0.2, -0.15) is 0 Å². The molecule has 0 radical (unpaired) electrons. The average Bonchev–Trinajstić information content (AvgIpc) is 2.38. The molecule has 3 heteroatoms. The summed E-state index contributed by atoms with van der Waals surface area (Å²) in [6.07, 6.45) is 4.61. The molecule has 1 heterocycles. The number of hydrogen-bond donors (Lipinski definition) is 1. The number of rotatable bonds is 5. The van der Waals surface area contributed by atoms with Gasteiger partial charge in [-0.05, 0) is 48.7 Å². The van der Waals surface area contributed by atoms with Gasteiger partial charge in [-0.15, -0.1) is 0 Å². The summed E-state index contributed by atoms with van der Waals surface area (Å²) in [7, 11) is 0. The van der Waals surface area contributed by atoms with E-state index in [1.807, 2.05) is 42.7 Å². The number of nitrogens with zero attached hydrogens (tertiary/aromatic N) is 1. The average molecular weight is 261 g/mol. The molecule has 2 nitrogen and oxygen atoms in total. The quantitative estimate of drug-likeness (QED) is 0.891. The number of nitrogens with one attached hydrogen (secondary N) is 1. The molecule has 0 aliphatic heterocycles. The lowest BCUT2D eigenvalue weighted by Gasteiger charge is -2.14. The van der Waals surface area contributed by atoms with Gasteiger partial charge in [0.1, 0.15) is 0 Å². The zero-order valence-electron chi connectivity index (χ0n) is 10.4. The van der Waals surface area contributed by atoms with Gasteiger partial charge >= 0.3 is 0 Å². The first-order valence-electron chi connectivity index (χ1n) is 6.11. The van der Waals surface area contributed by atoms with Gasteiger partial charge in [0.25, 0.3) is 0 Å². The molecular weight excluding hydrogens is 244 g/mol. The van der Waals surface area contributed by atoms with Crippen LogP contribution in [0.2, 0.25) is 5.02 Å². The number of aromatic nitrogens is 1. The Balaban J connectivity index is 1.84. The topological polar surface area (TPSA) is 24.9 Å². The molecule has 0 aliphatic carbocycles. The Morgan fingerprint density at radius 1 is 1.17 bits per heavy atom. The highest BCUT2D eigenvalue weighted by atomic mass is 35.5. The van der Waals surface area contributed by atoms with E-state index in [2.05, 4.69) is 23.3 Å². The van der Waals surface area contributed by atoms with Crippen molar-refractivity contribution in [2.24, 2.45) is 0 Å². The molecule has 0 saturated carbocycles. The lowest BCUT2D eigenvalue weighted by molar-refractivity contribution is 0.545. The van der Waals surface area contributed by atoms with Crippen LogP contribution in [-0.4, -0.2) is 11.0 Å². The fourth-order valence-electron chi connectivity index (χ4n) is 1.88. The van der Waals surface area contributed by atoms with Crippen molar-refractivity contribution < 1.29 is 0 Å². The van der Waals surface area contributed by atoms with E-state index in [4.69, 9.17) is 11.6 Å². The highest BCUT2D eigenvalue weighted by Gasteiger charge is 2.03. The molecule has 0 aliphatic rings. The normalized spacial score (nSPS) is 12.3. The molecule has 94 valence electrons. The number of pyridine rings is 1. The summed E-state index contributed by atoms with van der Waals surface area (Å²) in [6, 6.07) is 12.5. The fourth-order valence-corrected chi connectivity index (χ4v) is 2.10. The molecule has 0 saturated heterocycles. The monoisotopic (exact) mass is 260 g/mol. The molecule has 2 aromatic rings. The van der Waals surface area contributed by atoms with Crippen LogP contribution in [0.4, 0.5) is 0 Å². The first-order chi connectivity index (χ1) is 8.74. The summed E-state index contributed by atoms with van der Waals surface area (Å²) in [6.45, 7) is 3.05. The van der Waals surface area contributed by atoms with E-state index in [-0.39, 0.29) is 0 Å². The zero-order chi connectivity index (χ0) is 12.8. The molecule has 0 bridgehead atoms. The van der Waals surface area contributed by atoms with Crippen LogP contribution in [0.15, 0.2) is 48.8 Å². The Kier molecular flexibility index (Phi) is 4.73. The van der Waals surface area contributed by atoms with E-state index >= 15 is 0 Å². The molecule has 1 atom stereocenters. The zero-order valence-corrected chi connectivity index (χ0v) is 11.2. The second-order valence-electron chi connectivity index (χ2n) is 4.47. The van der Waals surface area contributed by atoms with Crippen LogP contribution in [0.3, 0.4) is 0 Å². The third kappa shape index (κ3) is 4.13. The Bertz CT molecular complexity index is 485. The molecule has 18 heavy (non-hydrogen) atoms. The third-order valence-electron chi connectivity index (χ3n) is 2.83. The van der Waals surface area contributed by atoms with Gasteiger partial charge in [-0.3, -0.25) is 4.98 Å². The predicted octanol–water partition coefficient (Wildman–Crippen LogP) is 3.46. The lowest BCUT2D eigenvalue weighted by atomic mass is 10.1. The maximum Gasteiger partial charge on any atom is 0.0408 e. The van der Waals surface area contributed by atoms with Gasteiger partial charge in [0.05, 0.1) is 0 Å². The van der Waals surface area contributed by atoms with Crippen molar-refractivity contribution >= 4 is 11.6 Å². The third-order valence-corrected chi connectivity index (χ3v) is 3.07. The molecular formula is C15H17ClN2. The number of benzene rings is 1. The van der Waals surface area contributed by atoms with Crippen molar-refractivity contribution in [2.75, 3.05) is 0 Å². The summed E-state index contributed by atoms with van der Waals surface area (Å²) in [5, 5.41) is 4.30. The Morgan fingerprint density at radius 2 is 1.94 bits per heavy atom. The minimum absolute atomic E-state index is 0.414. The first kappa shape index (κ1) is 13.1. The van der Waals surface area contributed by atoms with Crippen molar-refractivity contribution in [3.8, 4) is 0 Å². The van der Waals surface area contributed by atoms with Gasteiger partial charge in [-0.25, -0.2) is 0 Å². The lowest BCUT2D eigenvalue weighted by Crippen LogP contribution is -2.27. The van der Waals surface area contributed by atoms with Gasteiger partial charge < -0.3 is 5.32 Å². The van der Waals surface area contributed by atoms with Crippen LogP contribution in [0.25, 0.3) is 0 Å². The van der Waals surface area contributed by atoms with Crippen LogP contribution in [-0.2, 0) is 13.0 Å². The van der Waals surface area contributed by atoms with E-state index in [1.165, 1.54) is 11.1 Å². The largest absolute Gasteiger partial charge is 0.310 e. The van der Waals surface area contributed by atoms with Crippen molar-refractivity contribution in [3.63, 3.8) is 0 Å². The highest BCUT2D eigenvalue weighted by Crippen LogP contribution is 2.12. The summed E-state index contributed by atoms with van der Waals surface area (Å²) in [5.41, 5.74) is 2.51. The van der Waals surface area contributed by atoms with Crippen LogP contribution in [0, 0.1) is 0 Å². The van der Waals surface area contributed by atoms with Crippen molar-refractivity contribution in [3.05, 3.63) is 64.9 Å². The SMILES string of the molecule is CC(Cc1cccc(Cl)c1)NCc1ccncc1. The number of hydrogen-bond acceptors (Lipinski definition) is 2. The molecule has 1 aromatic heterocycles. The molecule has 2 rings (SSSR count). The van der Waals surface area contributed by atoms with E-state index in [9.17, 15) is 0 Å². The standard InChI is InChI=1S/C15H17ClN2/c1-12(9-14-3-2-4-15(16)10-14)18-11-13-5-7-17-8-6-13/h2-8,10,12,18H,9,11H2,1H3. The van der Waals surface area contributed by atoms with Crippen LogP contribution >= 0.6 is 11.6 Å². The fraction of sp³-hybridized carbons (Fsp3) is 0.267. The molecule has 0 spiro atoms. The van der Waals surface area contributed by atoms with Crippen LogP contribution in [0.1, 0.15) is 18.1 Å². The van der Waals surface area contributed by atoms with E-state index < -0.39 is 0 Å². The molecule has 0 amide bonds. The molecule has 1 N–H and O–H groups in total. The minimum Gasteiger partial charge on any atom is -0.310 e. The summed E-state index contributed by atoms with van der Waals surface area (Å²) in [4.78, 5) is 4.01. The van der Waals surface area contributed by atoms with Crippen LogP contribution < -0.4 is 5.32 Å². The van der Waals surface area contributed by atoms with E-state index in [0.29, 0.717) is 6.04 Å². The van der Waals surface area contributed by atoms with Gasteiger partial charge in [0.15, 0.2) is 0 Å². The predicted molar refractivity (Wildman–Crippen MR) is 75.7 cm³/mol. The second kappa shape index (κ2) is 6.53. The first-order valence-corrected chi connectivity index (χ1v) is 6.48. The van der Waals surface area contributed by atoms with Crippen molar-refractivity contribution in [2.45, 2.75) is 25.9 Å². The van der Waals surface area contributed by atoms with Crippen molar-refractivity contribution in [1.29, 1.82) is 0 Å². The maximum atomic E-state index is 5.97. The van der Waals surface area contributed by atoms with Crippen molar-refractivity contribution in [1.82, 2.24) is 10.3 Å². The van der Waals surface area contributed by atoms with E-state index in [1.54, 1.807) is 0 Å². The minimum atomic E-state index is 0.414. The Hall–Kier alpha value is -1.38. The van der Waals surface area contributed by atoms with Gasteiger partial charge in [-0.1, -0.05) is 23.7 Å². The summed E-state index contributed by atoms with van der Waals surface area (Å²) < 4.78 is 0. The number of halogens is 1. The molecule has 1 unspecified atom stereocenters. The Morgan fingerprint density at radius 3 is 2.67 bits per heavy atom. The smallest absolute Gasteiger partial charge is 0.0408 e. The second-order valence-corrected chi connectivity index (χ2v) is 4.91. The van der Waals surface area contributed by atoms with E-state index in [0.717, 1.165) is 18.0 Å². The summed E-state index contributed by atoms with van der Waals surface area (Å²) >= 11 is 5.97. The van der Waals surface area contributed by atoms with Gasteiger partial charge in [0.2, 0.25) is 0 Å².